The van der Waals surface area contributed by atoms with Crippen molar-refractivity contribution in [3.63, 3.8) is 0 Å². The lowest BCUT2D eigenvalue weighted by Crippen LogP contribution is -2.58. The third-order valence-corrected chi connectivity index (χ3v) is 1.73. The van der Waals surface area contributed by atoms with Gasteiger partial charge in [0.25, 0.3) is 0 Å². The van der Waals surface area contributed by atoms with E-state index in [9.17, 15) is 43.9 Å². The number of rotatable bonds is 2. The number of halogens is 10. The highest BCUT2D eigenvalue weighted by molar-refractivity contribution is 5.00. The van der Waals surface area contributed by atoms with E-state index in [2.05, 4.69) is 0 Å². The van der Waals surface area contributed by atoms with E-state index in [1.54, 1.807) is 0 Å². The van der Waals surface area contributed by atoms with Crippen LogP contribution >= 0.6 is 0 Å². The lowest BCUT2D eigenvalue weighted by atomic mass is 9.96. The van der Waals surface area contributed by atoms with Gasteiger partial charge in [0.1, 0.15) is 0 Å². The molecular formula is C6H4F10. The molecule has 0 aliphatic heterocycles. The van der Waals surface area contributed by atoms with Crippen molar-refractivity contribution in [2.45, 2.75) is 37.0 Å². The van der Waals surface area contributed by atoms with Gasteiger partial charge in [-0.15, -0.1) is 0 Å². The maximum Gasteiger partial charge on any atom is 0.456 e. The highest BCUT2D eigenvalue weighted by atomic mass is 19.4. The second-order valence-corrected chi connectivity index (χ2v) is 3.06. The minimum Gasteiger partial charge on any atom is -0.236 e. The molecule has 0 aliphatic rings. The van der Waals surface area contributed by atoms with Crippen LogP contribution in [-0.4, -0.2) is 30.1 Å². The highest BCUT2D eigenvalue weighted by Crippen LogP contribution is 2.48. The van der Waals surface area contributed by atoms with Gasteiger partial charge in [0.05, 0.1) is 0 Å². The first-order chi connectivity index (χ1) is 6.65. The Hall–Kier alpha value is -0.700. The molecule has 0 spiro atoms. The molecular weight excluding hydrogens is 262 g/mol. The zero-order valence-electron chi connectivity index (χ0n) is 7.36. The zero-order valence-corrected chi connectivity index (χ0v) is 7.36. The smallest absolute Gasteiger partial charge is 0.236 e. The number of hydrogen-bond donors (Lipinski definition) is 0. The molecule has 0 N–H and O–H groups in total. The van der Waals surface area contributed by atoms with Crippen LogP contribution in [0.4, 0.5) is 43.9 Å². The van der Waals surface area contributed by atoms with Crippen molar-refractivity contribution >= 4 is 0 Å². The molecule has 0 radical (unpaired) electrons. The van der Waals surface area contributed by atoms with Crippen molar-refractivity contribution in [3.05, 3.63) is 0 Å². The molecule has 0 heterocycles. The van der Waals surface area contributed by atoms with Crippen molar-refractivity contribution in [3.8, 4) is 0 Å². The monoisotopic (exact) mass is 266 g/mol. The van der Waals surface area contributed by atoms with Crippen LogP contribution in [0.2, 0.25) is 0 Å². The normalized spacial score (nSPS) is 20.4. The van der Waals surface area contributed by atoms with Gasteiger partial charge in [-0.2, -0.15) is 35.1 Å². The van der Waals surface area contributed by atoms with Crippen LogP contribution < -0.4 is 0 Å². The summed E-state index contributed by atoms with van der Waals surface area (Å²) in [6.45, 7) is -0.725. The Morgan fingerprint density at radius 3 is 1.19 bits per heavy atom. The first kappa shape index (κ1) is 15.3. The maximum atomic E-state index is 12.5. The van der Waals surface area contributed by atoms with E-state index in [-0.39, 0.29) is 0 Å². The molecule has 0 fully saturated rings. The average molecular weight is 266 g/mol. The summed E-state index contributed by atoms with van der Waals surface area (Å²) >= 11 is 0. The molecule has 0 saturated carbocycles. The molecule has 2 atom stereocenters. The lowest BCUT2D eigenvalue weighted by molar-refractivity contribution is -0.342. The van der Waals surface area contributed by atoms with Gasteiger partial charge >= 0.3 is 18.3 Å². The van der Waals surface area contributed by atoms with Gasteiger partial charge in [-0.05, 0) is 6.92 Å². The summed E-state index contributed by atoms with van der Waals surface area (Å²) in [5.41, 5.74) is -5.30. The fraction of sp³-hybridized carbons (Fsp3) is 1.00. The second-order valence-electron chi connectivity index (χ2n) is 3.06. The lowest BCUT2D eigenvalue weighted by Gasteiger charge is -2.32. The summed E-state index contributed by atoms with van der Waals surface area (Å²) in [5.74, 6) is -6.42. The van der Waals surface area contributed by atoms with E-state index in [1.807, 2.05) is 0 Å². The van der Waals surface area contributed by atoms with Crippen LogP contribution in [0.15, 0.2) is 0 Å². The maximum absolute atomic E-state index is 12.5. The van der Waals surface area contributed by atoms with Gasteiger partial charge in [-0.1, -0.05) is 0 Å². The quantitative estimate of drug-likeness (QED) is 0.666. The van der Waals surface area contributed by atoms with Gasteiger partial charge in [0.2, 0.25) is 11.8 Å². The molecule has 0 saturated heterocycles. The summed E-state index contributed by atoms with van der Waals surface area (Å²) in [5, 5.41) is 0. The first-order valence-corrected chi connectivity index (χ1v) is 3.50. The standard InChI is InChI=1S/C6H4F10/c1-3(8,5(11,12)13)2(7)4(9,10)6(14,15)16/h2H,1H3. The molecule has 0 bridgehead atoms. The Bertz CT molecular complexity index is 219. The van der Waals surface area contributed by atoms with Crippen molar-refractivity contribution in [1.82, 2.24) is 0 Å². The third-order valence-electron chi connectivity index (χ3n) is 1.73. The predicted octanol–water partition coefficient (Wildman–Crippen LogP) is 3.81. The minimum atomic E-state index is -6.61. The number of alkyl halides is 10. The molecule has 0 aromatic heterocycles. The molecule has 0 nitrogen and oxygen atoms in total. The fourth-order valence-electron chi connectivity index (χ4n) is 0.628. The van der Waals surface area contributed by atoms with Crippen LogP contribution in [0.5, 0.6) is 0 Å². The summed E-state index contributed by atoms with van der Waals surface area (Å²) < 4.78 is 119. The Labute approximate surface area is 82.2 Å². The number of hydrogen-bond acceptors (Lipinski definition) is 0. The van der Waals surface area contributed by atoms with Gasteiger partial charge in [0, 0.05) is 0 Å². The zero-order chi connectivity index (χ0) is 13.6. The summed E-state index contributed by atoms with van der Waals surface area (Å²) in [4.78, 5) is 0. The molecule has 0 aliphatic carbocycles. The van der Waals surface area contributed by atoms with Gasteiger partial charge in [0.15, 0.2) is 0 Å². The van der Waals surface area contributed by atoms with Gasteiger partial charge in [-0.25, -0.2) is 8.78 Å². The topological polar surface area (TPSA) is 0 Å². The van der Waals surface area contributed by atoms with E-state index in [4.69, 9.17) is 0 Å². The molecule has 98 valence electrons. The van der Waals surface area contributed by atoms with Gasteiger partial charge in [-0.3, -0.25) is 0 Å². The van der Waals surface area contributed by atoms with E-state index < -0.39 is 37.0 Å². The van der Waals surface area contributed by atoms with Crippen LogP contribution in [0.25, 0.3) is 0 Å². The van der Waals surface area contributed by atoms with E-state index in [0.717, 1.165) is 0 Å². The van der Waals surface area contributed by atoms with Gasteiger partial charge < -0.3 is 0 Å². The summed E-state index contributed by atoms with van der Waals surface area (Å²) in [6.07, 6.45) is -17.9. The van der Waals surface area contributed by atoms with Crippen molar-refractivity contribution in [1.29, 1.82) is 0 Å². The van der Waals surface area contributed by atoms with E-state index >= 15 is 0 Å². The minimum absolute atomic E-state index is 0.725. The summed E-state index contributed by atoms with van der Waals surface area (Å²) in [6, 6.07) is 0. The molecule has 0 amide bonds. The first-order valence-electron chi connectivity index (χ1n) is 3.50. The average Bonchev–Trinajstić information content (AvgIpc) is 1.98. The Balaban J connectivity index is 5.30. The van der Waals surface area contributed by atoms with Crippen LogP contribution in [0.1, 0.15) is 6.92 Å². The second kappa shape index (κ2) is 3.66. The largest absolute Gasteiger partial charge is 0.456 e. The van der Waals surface area contributed by atoms with Crippen LogP contribution in [0, 0.1) is 0 Å². The Morgan fingerprint density at radius 2 is 1.00 bits per heavy atom. The molecule has 0 aromatic carbocycles. The molecule has 0 rings (SSSR count). The highest BCUT2D eigenvalue weighted by Gasteiger charge is 2.74. The van der Waals surface area contributed by atoms with Crippen LogP contribution in [0.3, 0.4) is 0 Å². The Kier molecular flexibility index (Phi) is 3.50. The third kappa shape index (κ3) is 2.34. The van der Waals surface area contributed by atoms with Crippen molar-refractivity contribution in [2.75, 3.05) is 0 Å². The molecule has 0 aromatic rings. The molecule has 2 unspecified atom stereocenters. The SMILES string of the molecule is CC(F)(C(F)C(F)(F)C(F)(F)F)C(F)(F)F. The van der Waals surface area contributed by atoms with E-state index in [1.165, 1.54) is 0 Å². The summed E-state index contributed by atoms with van der Waals surface area (Å²) in [7, 11) is 0. The van der Waals surface area contributed by atoms with Crippen LogP contribution in [-0.2, 0) is 0 Å². The van der Waals surface area contributed by atoms with Crippen molar-refractivity contribution in [2.24, 2.45) is 0 Å². The molecule has 16 heavy (non-hydrogen) atoms. The van der Waals surface area contributed by atoms with E-state index in [0.29, 0.717) is 0 Å². The molecule has 10 heteroatoms. The van der Waals surface area contributed by atoms with Crippen molar-refractivity contribution < 1.29 is 43.9 Å². The Morgan fingerprint density at radius 1 is 0.688 bits per heavy atom. The predicted molar refractivity (Wildman–Crippen MR) is 31.5 cm³/mol. The fourth-order valence-corrected chi connectivity index (χ4v) is 0.628.